The second-order valence-electron chi connectivity index (χ2n) is 2.38. The zero-order valence-electron chi connectivity index (χ0n) is 6.29. The summed E-state index contributed by atoms with van der Waals surface area (Å²) in [6, 6.07) is 0. The highest BCUT2D eigenvalue weighted by Crippen LogP contribution is 2.42. The first-order chi connectivity index (χ1) is 4.77. The first-order valence-corrected chi connectivity index (χ1v) is 5.82. The minimum Gasteiger partial charge on any atom is -0.103 e. The van der Waals surface area contributed by atoms with E-state index < -0.39 is 0 Å². The standard InChI is InChI=1S/C7H12S3/c1-3-5-6(4-2)10-7(8)9-5/h5-6H,3-4H2,1-2H3. The molecule has 0 amide bonds. The summed E-state index contributed by atoms with van der Waals surface area (Å²) in [4.78, 5) is 0. The second kappa shape index (κ2) is 3.98. The summed E-state index contributed by atoms with van der Waals surface area (Å²) in [5.41, 5.74) is 0. The van der Waals surface area contributed by atoms with Crippen molar-refractivity contribution in [2.24, 2.45) is 0 Å². The Labute approximate surface area is 76.5 Å². The zero-order valence-corrected chi connectivity index (χ0v) is 8.74. The van der Waals surface area contributed by atoms with Gasteiger partial charge in [0.25, 0.3) is 0 Å². The molecule has 3 heteroatoms. The smallest absolute Gasteiger partial charge is 0.103 e. The van der Waals surface area contributed by atoms with Crippen molar-refractivity contribution in [2.45, 2.75) is 37.2 Å². The van der Waals surface area contributed by atoms with Gasteiger partial charge in [0, 0.05) is 10.5 Å². The van der Waals surface area contributed by atoms with E-state index in [2.05, 4.69) is 13.8 Å². The Balaban J connectivity index is 2.48. The SMILES string of the molecule is CCC1SC(=S)SC1CC. The molecule has 1 fully saturated rings. The van der Waals surface area contributed by atoms with E-state index in [-0.39, 0.29) is 0 Å². The lowest BCUT2D eigenvalue weighted by Gasteiger charge is -2.11. The fourth-order valence-corrected chi connectivity index (χ4v) is 4.67. The lowest BCUT2D eigenvalue weighted by Crippen LogP contribution is -2.12. The van der Waals surface area contributed by atoms with Crippen LogP contribution in [0.15, 0.2) is 0 Å². The van der Waals surface area contributed by atoms with Crippen LogP contribution >= 0.6 is 35.7 Å². The van der Waals surface area contributed by atoms with E-state index >= 15 is 0 Å². The van der Waals surface area contributed by atoms with Crippen LogP contribution in [0.3, 0.4) is 0 Å². The van der Waals surface area contributed by atoms with Crippen molar-refractivity contribution >= 4 is 39.3 Å². The van der Waals surface area contributed by atoms with Gasteiger partial charge in [-0.3, -0.25) is 0 Å². The molecule has 0 saturated carbocycles. The van der Waals surface area contributed by atoms with Crippen molar-refractivity contribution in [3.05, 3.63) is 0 Å². The lowest BCUT2D eigenvalue weighted by atomic mass is 10.2. The third-order valence-corrected chi connectivity index (χ3v) is 5.36. The summed E-state index contributed by atoms with van der Waals surface area (Å²) in [6.07, 6.45) is 2.52. The number of hydrogen-bond acceptors (Lipinski definition) is 3. The highest BCUT2D eigenvalue weighted by molar-refractivity contribution is 8.49. The van der Waals surface area contributed by atoms with E-state index in [1.165, 1.54) is 12.8 Å². The van der Waals surface area contributed by atoms with Crippen LogP contribution in [0.25, 0.3) is 0 Å². The maximum absolute atomic E-state index is 5.13. The maximum atomic E-state index is 5.13. The largest absolute Gasteiger partial charge is 0.104 e. The van der Waals surface area contributed by atoms with Gasteiger partial charge in [-0.15, -0.1) is 23.5 Å². The van der Waals surface area contributed by atoms with Gasteiger partial charge in [-0.05, 0) is 12.8 Å². The molecule has 0 bridgehead atoms. The Morgan fingerprint density at radius 1 is 1.20 bits per heavy atom. The van der Waals surface area contributed by atoms with E-state index in [0.717, 1.165) is 14.0 Å². The molecule has 2 unspecified atom stereocenters. The van der Waals surface area contributed by atoms with Gasteiger partial charge in [0.15, 0.2) is 0 Å². The molecule has 0 aliphatic carbocycles. The minimum atomic E-state index is 0.794. The van der Waals surface area contributed by atoms with Crippen LogP contribution in [0.4, 0.5) is 0 Å². The Morgan fingerprint density at radius 2 is 1.60 bits per heavy atom. The molecular formula is C7H12S3. The van der Waals surface area contributed by atoms with Gasteiger partial charge in [-0.1, -0.05) is 26.1 Å². The third kappa shape index (κ3) is 1.89. The predicted molar refractivity (Wildman–Crippen MR) is 55.9 cm³/mol. The number of thiocarbonyl (C=S) groups is 1. The van der Waals surface area contributed by atoms with E-state index in [1.807, 2.05) is 23.5 Å². The molecule has 2 atom stereocenters. The first-order valence-electron chi connectivity index (χ1n) is 3.65. The average Bonchev–Trinajstić information content (AvgIpc) is 2.30. The summed E-state index contributed by atoms with van der Waals surface area (Å²) >= 11 is 8.92. The quantitative estimate of drug-likeness (QED) is 0.616. The van der Waals surface area contributed by atoms with Gasteiger partial charge in [0.2, 0.25) is 0 Å². The average molecular weight is 192 g/mol. The third-order valence-electron chi connectivity index (χ3n) is 1.71. The molecular weight excluding hydrogens is 180 g/mol. The van der Waals surface area contributed by atoms with Crippen molar-refractivity contribution in [2.75, 3.05) is 0 Å². The molecule has 58 valence electrons. The van der Waals surface area contributed by atoms with Gasteiger partial charge < -0.3 is 0 Å². The lowest BCUT2D eigenvalue weighted by molar-refractivity contribution is 0.745. The van der Waals surface area contributed by atoms with Gasteiger partial charge in [0.05, 0.1) is 0 Å². The van der Waals surface area contributed by atoms with Crippen molar-refractivity contribution in [1.82, 2.24) is 0 Å². The fourth-order valence-electron chi connectivity index (χ4n) is 1.12. The van der Waals surface area contributed by atoms with E-state index in [0.29, 0.717) is 0 Å². The molecule has 10 heavy (non-hydrogen) atoms. The molecule has 0 spiro atoms. The molecule has 0 aromatic heterocycles. The fraction of sp³-hybridized carbons (Fsp3) is 0.857. The predicted octanol–water partition coefficient (Wildman–Crippen LogP) is 3.31. The summed E-state index contributed by atoms with van der Waals surface area (Å²) in [6.45, 7) is 4.49. The highest BCUT2D eigenvalue weighted by Gasteiger charge is 2.29. The van der Waals surface area contributed by atoms with E-state index in [1.54, 1.807) is 0 Å². The summed E-state index contributed by atoms with van der Waals surface area (Å²) in [5, 5.41) is 1.59. The van der Waals surface area contributed by atoms with Crippen LogP contribution < -0.4 is 0 Å². The van der Waals surface area contributed by atoms with Gasteiger partial charge in [-0.25, -0.2) is 0 Å². The maximum Gasteiger partial charge on any atom is 0.104 e. The van der Waals surface area contributed by atoms with Crippen molar-refractivity contribution in [3.63, 3.8) is 0 Å². The van der Waals surface area contributed by atoms with Crippen LogP contribution in [0, 0.1) is 0 Å². The van der Waals surface area contributed by atoms with Crippen LogP contribution in [0.2, 0.25) is 0 Å². The molecule has 1 aliphatic rings. The van der Waals surface area contributed by atoms with E-state index in [9.17, 15) is 0 Å². The Bertz CT molecular complexity index is 119. The highest BCUT2D eigenvalue weighted by atomic mass is 32.2. The Morgan fingerprint density at radius 3 is 1.90 bits per heavy atom. The Hall–Kier alpha value is 0.790. The zero-order chi connectivity index (χ0) is 7.56. The summed E-state index contributed by atoms with van der Waals surface area (Å²) < 4.78 is 1.15. The van der Waals surface area contributed by atoms with E-state index in [4.69, 9.17) is 12.2 Å². The summed E-state index contributed by atoms with van der Waals surface area (Å²) in [5.74, 6) is 0. The number of rotatable bonds is 2. The Kier molecular flexibility index (Phi) is 3.53. The molecule has 1 saturated heterocycles. The second-order valence-corrected chi connectivity index (χ2v) is 6.06. The van der Waals surface area contributed by atoms with Crippen LogP contribution in [-0.4, -0.2) is 14.0 Å². The number of thioether (sulfide) groups is 2. The van der Waals surface area contributed by atoms with Crippen LogP contribution in [-0.2, 0) is 0 Å². The normalized spacial score (nSPS) is 33.2. The monoisotopic (exact) mass is 192 g/mol. The van der Waals surface area contributed by atoms with Crippen LogP contribution in [0.1, 0.15) is 26.7 Å². The molecule has 0 aromatic carbocycles. The summed E-state index contributed by atoms with van der Waals surface area (Å²) in [7, 11) is 0. The molecule has 0 aromatic rings. The topological polar surface area (TPSA) is 0 Å². The molecule has 0 nitrogen and oxygen atoms in total. The van der Waals surface area contributed by atoms with Crippen LogP contribution in [0.5, 0.6) is 0 Å². The van der Waals surface area contributed by atoms with Gasteiger partial charge in [0.1, 0.15) is 3.53 Å². The van der Waals surface area contributed by atoms with Crippen molar-refractivity contribution in [1.29, 1.82) is 0 Å². The first kappa shape index (κ1) is 8.88. The molecule has 0 N–H and O–H groups in total. The van der Waals surface area contributed by atoms with Gasteiger partial charge in [-0.2, -0.15) is 0 Å². The molecule has 1 aliphatic heterocycles. The van der Waals surface area contributed by atoms with Crippen molar-refractivity contribution in [3.8, 4) is 0 Å². The van der Waals surface area contributed by atoms with Crippen molar-refractivity contribution < 1.29 is 0 Å². The molecule has 0 radical (unpaired) electrons. The molecule has 1 rings (SSSR count). The molecule has 1 heterocycles. The minimum absolute atomic E-state index is 0.794. The number of hydrogen-bond donors (Lipinski definition) is 0. The van der Waals surface area contributed by atoms with Gasteiger partial charge >= 0.3 is 0 Å².